The number of nitrogens with zero attached hydrogens (tertiary/aromatic N) is 2. The fraction of sp³-hybridized carbons (Fsp3) is 0.600. The maximum Gasteiger partial charge on any atom is 0.340 e. The van der Waals surface area contributed by atoms with Gasteiger partial charge in [-0.05, 0) is 14.1 Å². The molecule has 3 N–H and O–H groups in total. The summed E-state index contributed by atoms with van der Waals surface area (Å²) in [5.41, 5.74) is -0.397. The number of nitrogens with one attached hydrogen (secondary N) is 2. The van der Waals surface area contributed by atoms with E-state index in [-0.39, 0.29) is 13.2 Å². The van der Waals surface area contributed by atoms with Crippen LogP contribution in [0.4, 0.5) is 0 Å². The van der Waals surface area contributed by atoms with E-state index < -0.39 is 26.6 Å². The number of ether oxygens (including phenoxy) is 1. The highest BCUT2D eigenvalue weighted by Gasteiger charge is 2.24. The third kappa shape index (κ3) is 4.89. The molecule has 0 aliphatic carbocycles. The van der Waals surface area contributed by atoms with Crippen LogP contribution in [0, 0.1) is 0 Å². The second kappa shape index (κ2) is 7.33. The summed E-state index contributed by atoms with van der Waals surface area (Å²) in [6.07, 6.45) is 0.949. The molecule has 0 atom stereocenters. The van der Waals surface area contributed by atoms with Crippen molar-refractivity contribution in [3.63, 3.8) is 0 Å². The molecule has 114 valence electrons. The van der Waals surface area contributed by atoms with Crippen molar-refractivity contribution in [2.45, 2.75) is 5.03 Å². The summed E-state index contributed by atoms with van der Waals surface area (Å²) < 4.78 is 31.2. The molecule has 1 aromatic rings. The molecule has 0 fully saturated rings. The van der Waals surface area contributed by atoms with Crippen LogP contribution in [-0.4, -0.2) is 75.0 Å². The summed E-state index contributed by atoms with van der Waals surface area (Å²) in [5.74, 6) is -1.36. The lowest BCUT2D eigenvalue weighted by Gasteiger charge is -2.10. The third-order valence-corrected chi connectivity index (χ3v) is 3.76. The van der Waals surface area contributed by atoms with Crippen molar-refractivity contribution in [3.8, 4) is 0 Å². The number of aromatic amines is 1. The Morgan fingerprint density at radius 1 is 1.50 bits per heavy atom. The first-order valence-corrected chi connectivity index (χ1v) is 7.31. The van der Waals surface area contributed by atoms with Gasteiger partial charge >= 0.3 is 5.97 Å². The molecule has 0 aliphatic heterocycles. The van der Waals surface area contributed by atoms with Gasteiger partial charge in [0.1, 0.15) is 5.56 Å². The molecule has 0 aliphatic rings. The smallest absolute Gasteiger partial charge is 0.340 e. The summed E-state index contributed by atoms with van der Waals surface area (Å²) in [4.78, 5) is 12.8. The monoisotopic (exact) mass is 306 g/mol. The lowest BCUT2D eigenvalue weighted by atomic mass is 10.4. The van der Waals surface area contributed by atoms with E-state index in [0.29, 0.717) is 6.61 Å². The van der Waals surface area contributed by atoms with E-state index in [1.54, 1.807) is 0 Å². The summed E-state index contributed by atoms with van der Waals surface area (Å²) in [6.45, 7) is 1.47. The highest BCUT2D eigenvalue weighted by Crippen LogP contribution is 2.10. The van der Waals surface area contributed by atoms with Gasteiger partial charge < -0.3 is 14.7 Å². The summed E-state index contributed by atoms with van der Waals surface area (Å²) >= 11 is 0. The van der Waals surface area contributed by atoms with Crippen LogP contribution in [0.2, 0.25) is 0 Å². The Kier molecular flexibility index (Phi) is 6.07. The van der Waals surface area contributed by atoms with Gasteiger partial charge in [-0.3, -0.25) is 5.10 Å². The topological polar surface area (TPSA) is 125 Å². The van der Waals surface area contributed by atoms with Crippen molar-refractivity contribution >= 4 is 16.0 Å². The average molecular weight is 306 g/mol. The zero-order chi connectivity index (χ0) is 15.2. The Bertz CT molecular complexity index is 540. The van der Waals surface area contributed by atoms with Crippen LogP contribution in [0.3, 0.4) is 0 Å². The number of H-pyrrole nitrogens is 1. The van der Waals surface area contributed by atoms with Gasteiger partial charge in [0, 0.05) is 13.1 Å². The SMILES string of the molecule is CN(C)CCOCCNS(=O)(=O)c1[nH]ncc1C(=O)O. The Morgan fingerprint density at radius 3 is 2.80 bits per heavy atom. The number of sulfonamides is 1. The second-order valence-electron chi connectivity index (χ2n) is 4.23. The molecule has 0 unspecified atom stereocenters. The molecule has 0 saturated carbocycles. The van der Waals surface area contributed by atoms with Crippen molar-refractivity contribution in [1.29, 1.82) is 0 Å². The standard InChI is InChI=1S/C10H18N4O5S/c1-14(2)4-6-19-5-3-12-20(17,18)9-8(10(15)16)7-11-13-9/h7,12H,3-6H2,1-2H3,(H,11,13)(H,15,16). The van der Waals surface area contributed by atoms with E-state index >= 15 is 0 Å². The van der Waals surface area contributed by atoms with Gasteiger partial charge in [-0.25, -0.2) is 17.9 Å². The average Bonchev–Trinajstić information content (AvgIpc) is 2.83. The largest absolute Gasteiger partial charge is 0.478 e. The minimum atomic E-state index is -3.94. The van der Waals surface area contributed by atoms with Gasteiger partial charge in [-0.1, -0.05) is 0 Å². The van der Waals surface area contributed by atoms with Crippen LogP contribution >= 0.6 is 0 Å². The zero-order valence-corrected chi connectivity index (χ0v) is 12.1. The van der Waals surface area contributed by atoms with E-state index in [0.717, 1.165) is 12.7 Å². The van der Waals surface area contributed by atoms with Crippen molar-refractivity contribution in [2.75, 3.05) is 40.4 Å². The lowest BCUT2D eigenvalue weighted by molar-refractivity contribution is 0.0692. The van der Waals surface area contributed by atoms with Gasteiger partial charge in [-0.15, -0.1) is 0 Å². The fourth-order valence-corrected chi connectivity index (χ4v) is 2.40. The molecule has 1 heterocycles. The van der Waals surface area contributed by atoms with E-state index in [1.807, 2.05) is 19.0 Å². The molecule has 1 rings (SSSR count). The molecule has 0 spiro atoms. The Labute approximate surface area is 117 Å². The predicted octanol–water partition coefficient (Wildman–Crippen LogP) is -1.04. The Morgan fingerprint density at radius 2 is 2.20 bits per heavy atom. The predicted molar refractivity (Wildman–Crippen MR) is 70.1 cm³/mol. The van der Waals surface area contributed by atoms with Gasteiger partial charge in [0.2, 0.25) is 0 Å². The summed E-state index contributed by atoms with van der Waals surface area (Å²) in [6, 6.07) is 0. The summed E-state index contributed by atoms with van der Waals surface area (Å²) in [5, 5.41) is 14.0. The van der Waals surface area contributed by atoms with E-state index in [2.05, 4.69) is 14.9 Å². The molecule has 9 nitrogen and oxygen atoms in total. The molecule has 0 bridgehead atoms. The number of carboxylic acid groups (broad SMARTS) is 1. The maximum absolute atomic E-state index is 11.9. The fourth-order valence-electron chi connectivity index (χ4n) is 1.30. The minimum Gasteiger partial charge on any atom is -0.478 e. The molecule has 0 amide bonds. The molecule has 20 heavy (non-hydrogen) atoms. The first kappa shape index (κ1) is 16.6. The van der Waals surface area contributed by atoms with Crippen molar-refractivity contribution in [3.05, 3.63) is 11.8 Å². The lowest BCUT2D eigenvalue weighted by Crippen LogP contribution is -2.29. The third-order valence-electron chi connectivity index (χ3n) is 2.32. The van der Waals surface area contributed by atoms with E-state index in [4.69, 9.17) is 9.84 Å². The number of hydrogen-bond acceptors (Lipinski definition) is 6. The molecule has 10 heteroatoms. The summed E-state index contributed by atoms with van der Waals surface area (Å²) in [7, 11) is -0.134. The van der Waals surface area contributed by atoms with Gasteiger partial charge in [0.25, 0.3) is 10.0 Å². The molecular formula is C10H18N4O5S. The number of aromatic carboxylic acids is 1. The number of likely N-dealkylation sites (N-methyl/N-ethyl adjacent to an activating group) is 1. The highest BCUT2D eigenvalue weighted by molar-refractivity contribution is 7.89. The van der Waals surface area contributed by atoms with Gasteiger partial charge in [-0.2, -0.15) is 5.10 Å². The first-order chi connectivity index (χ1) is 9.34. The van der Waals surface area contributed by atoms with Gasteiger partial charge in [0.05, 0.1) is 19.4 Å². The molecule has 0 aromatic carbocycles. The van der Waals surface area contributed by atoms with Crippen LogP contribution < -0.4 is 4.72 Å². The number of carboxylic acids is 1. The maximum atomic E-state index is 11.9. The number of aromatic nitrogens is 2. The Hall–Kier alpha value is -1.49. The van der Waals surface area contributed by atoms with Crippen LogP contribution in [0.15, 0.2) is 11.2 Å². The van der Waals surface area contributed by atoms with Crippen molar-refractivity contribution < 1.29 is 23.1 Å². The van der Waals surface area contributed by atoms with Crippen LogP contribution in [-0.2, 0) is 14.8 Å². The molecule has 0 saturated heterocycles. The highest BCUT2D eigenvalue weighted by atomic mass is 32.2. The van der Waals surface area contributed by atoms with E-state index in [9.17, 15) is 13.2 Å². The van der Waals surface area contributed by atoms with E-state index in [1.165, 1.54) is 0 Å². The Balaban J connectivity index is 2.46. The van der Waals surface area contributed by atoms with Crippen LogP contribution in [0.1, 0.15) is 10.4 Å². The van der Waals surface area contributed by atoms with Crippen molar-refractivity contribution in [1.82, 2.24) is 19.8 Å². The van der Waals surface area contributed by atoms with Crippen LogP contribution in [0.5, 0.6) is 0 Å². The quantitative estimate of drug-likeness (QED) is 0.498. The normalized spacial score (nSPS) is 11.9. The number of carbonyl (C=O) groups is 1. The second-order valence-corrected chi connectivity index (χ2v) is 5.94. The molecule has 0 radical (unpaired) electrons. The molecular weight excluding hydrogens is 288 g/mol. The van der Waals surface area contributed by atoms with Crippen LogP contribution in [0.25, 0.3) is 0 Å². The molecule has 1 aromatic heterocycles. The first-order valence-electron chi connectivity index (χ1n) is 5.83. The zero-order valence-electron chi connectivity index (χ0n) is 11.3. The number of hydrogen-bond donors (Lipinski definition) is 3. The minimum absolute atomic E-state index is 0.0494. The van der Waals surface area contributed by atoms with Crippen molar-refractivity contribution in [2.24, 2.45) is 0 Å². The van der Waals surface area contributed by atoms with Gasteiger partial charge in [0.15, 0.2) is 5.03 Å². The number of rotatable bonds is 9.